The van der Waals surface area contributed by atoms with Crippen LogP contribution in [0.25, 0.3) is 0 Å². The Labute approximate surface area is 174 Å². The number of carboxylic acid groups (broad SMARTS) is 1. The van der Waals surface area contributed by atoms with Gasteiger partial charge in [0.15, 0.2) is 5.56 Å². The minimum atomic E-state index is -1.26. The molecule has 0 unspecified atom stereocenters. The average molecular weight is 421 g/mol. The third kappa shape index (κ3) is 4.44. The predicted octanol–water partition coefficient (Wildman–Crippen LogP) is 2.18. The minimum absolute atomic E-state index is 0.281. The lowest BCUT2D eigenvalue weighted by molar-refractivity contribution is -0.135. The first-order valence-electron chi connectivity index (χ1n) is 10.9. The summed E-state index contributed by atoms with van der Waals surface area (Å²) in [5, 5.41) is 21.8. The van der Waals surface area contributed by atoms with Crippen molar-refractivity contribution in [3.05, 3.63) is 26.4 Å². The second kappa shape index (κ2) is 9.49. The van der Waals surface area contributed by atoms with Crippen LogP contribution >= 0.6 is 0 Å². The number of rotatable bonds is 6. The van der Waals surface area contributed by atoms with Crippen LogP contribution in [0.5, 0.6) is 5.88 Å². The summed E-state index contributed by atoms with van der Waals surface area (Å²) in [5.74, 6) is -2.33. The molecule has 30 heavy (non-hydrogen) atoms. The Hall–Kier alpha value is -2.58. The van der Waals surface area contributed by atoms with Crippen molar-refractivity contribution >= 4 is 11.9 Å². The zero-order chi connectivity index (χ0) is 21.8. The maximum absolute atomic E-state index is 13.3. The van der Waals surface area contributed by atoms with E-state index in [0.717, 1.165) is 43.1 Å². The summed E-state index contributed by atoms with van der Waals surface area (Å²) in [4.78, 5) is 49.9. The summed E-state index contributed by atoms with van der Waals surface area (Å²) in [6.07, 6.45) is 8.39. The second-order valence-electron chi connectivity index (χ2n) is 8.48. The van der Waals surface area contributed by atoms with Gasteiger partial charge in [0, 0.05) is 12.1 Å². The molecule has 3 rings (SSSR count). The van der Waals surface area contributed by atoms with E-state index >= 15 is 0 Å². The number of aromatic hydroxyl groups is 1. The number of carbonyl (C=O) groups excluding carboxylic acids is 1. The third-order valence-electron chi connectivity index (χ3n) is 6.62. The largest absolute Gasteiger partial charge is 0.494 e. The van der Waals surface area contributed by atoms with Gasteiger partial charge in [-0.1, -0.05) is 32.6 Å². The molecule has 1 aromatic heterocycles. The first-order valence-corrected chi connectivity index (χ1v) is 10.9. The molecule has 1 amide bonds. The summed E-state index contributed by atoms with van der Waals surface area (Å²) in [5.41, 5.74) is -1.95. The van der Waals surface area contributed by atoms with Crippen LogP contribution in [0.15, 0.2) is 9.59 Å². The Morgan fingerprint density at radius 2 is 1.57 bits per heavy atom. The molecular weight excluding hydrogens is 390 g/mol. The fourth-order valence-corrected chi connectivity index (χ4v) is 4.87. The number of aliphatic carboxylic acids is 1. The quantitative estimate of drug-likeness (QED) is 0.645. The Kier molecular flexibility index (Phi) is 6.99. The average Bonchev–Trinajstić information content (AvgIpc) is 2.73. The predicted molar refractivity (Wildman–Crippen MR) is 110 cm³/mol. The van der Waals surface area contributed by atoms with Gasteiger partial charge in [-0.25, -0.2) is 4.79 Å². The summed E-state index contributed by atoms with van der Waals surface area (Å²) >= 11 is 0. The van der Waals surface area contributed by atoms with E-state index in [1.807, 2.05) is 0 Å². The van der Waals surface area contributed by atoms with Crippen LogP contribution in [0.2, 0.25) is 0 Å². The first-order chi connectivity index (χ1) is 14.3. The van der Waals surface area contributed by atoms with Crippen LogP contribution in [0.3, 0.4) is 0 Å². The van der Waals surface area contributed by atoms with Crippen molar-refractivity contribution in [1.29, 1.82) is 0 Å². The number of hydrogen-bond donors (Lipinski definition) is 3. The van der Waals surface area contributed by atoms with Gasteiger partial charge in [0.25, 0.3) is 11.5 Å². The molecule has 0 bridgehead atoms. The molecule has 0 aromatic carbocycles. The van der Waals surface area contributed by atoms with E-state index in [-0.39, 0.29) is 12.1 Å². The highest BCUT2D eigenvalue weighted by atomic mass is 16.4. The second-order valence-corrected chi connectivity index (χ2v) is 8.48. The molecule has 2 aliphatic rings. The highest BCUT2D eigenvalue weighted by Gasteiger charge is 2.32. The van der Waals surface area contributed by atoms with E-state index in [0.29, 0.717) is 31.6 Å². The van der Waals surface area contributed by atoms with Crippen LogP contribution < -0.4 is 16.6 Å². The van der Waals surface area contributed by atoms with Gasteiger partial charge in [-0.05, 0) is 44.4 Å². The molecule has 2 saturated carbocycles. The summed E-state index contributed by atoms with van der Waals surface area (Å²) in [7, 11) is 0. The van der Waals surface area contributed by atoms with Crippen LogP contribution in [0.1, 0.15) is 93.6 Å². The fourth-order valence-electron chi connectivity index (χ4n) is 4.87. The lowest BCUT2D eigenvalue weighted by Crippen LogP contribution is -2.48. The monoisotopic (exact) mass is 421 g/mol. The Morgan fingerprint density at radius 3 is 2.13 bits per heavy atom. The lowest BCUT2D eigenvalue weighted by Gasteiger charge is -2.31. The normalized spacial score (nSPS) is 22.6. The standard InChI is InChI=1S/C21H31N3O6/c1-2-13-8-10-15(11-9-13)24-20(29)17(18(27)22-12-16(25)26)19(28)23(21(24)30)14-6-4-3-5-7-14/h13-15,28H,2-12H2,1H3,(H,22,27)(H,25,26). The topological polar surface area (TPSA) is 131 Å². The molecular formula is C21H31N3O6. The van der Waals surface area contributed by atoms with Crippen molar-refractivity contribution < 1.29 is 19.8 Å². The number of nitrogens with zero attached hydrogens (tertiary/aromatic N) is 2. The molecule has 0 saturated heterocycles. The molecule has 166 valence electrons. The fraction of sp³-hybridized carbons (Fsp3) is 0.714. The van der Waals surface area contributed by atoms with E-state index < -0.39 is 41.1 Å². The number of amides is 1. The Morgan fingerprint density at radius 1 is 0.967 bits per heavy atom. The van der Waals surface area contributed by atoms with Crippen molar-refractivity contribution in [2.45, 2.75) is 83.2 Å². The SMILES string of the molecule is CCC1CCC(n2c(=O)c(C(=O)NCC(=O)O)c(O)n(C3CCCCC3)c2=O)CC1. The zero-order valence-corrected chi connectivity index (χ0v) is 17.4. The molecule has 3 N–H and O–H groups in total. The number of carboxylic acids is 1. The van der Waals surface area contributed by atoms with Crippen molar-refractivity contribution in [3.8, 4) is 5.88 Å². The highest BCUT2D eigenvalue weighted by Crippen LogP contribution is 2.34. The van der Waals surface area contributed by atoms with Gasteiger partial charge in [-0.2, -0.15) is 0 Å². The molecule has 0 aliphatic heterocycles. The molecule has 9 heteroatoms. The van der Waals surface area contributed by atoms with Gasteiger partial charge < -0.3 is 15.5 Å². The van der Waals surface area contributed by atoms with E-state index in [9.17, 15) is 24.3 Å². The molecule has 0 spiro atoms. The van der Waals surface area contributed by atoms with Crippen molar-refractivity contribution in [2.75, 3.05) is 6.54 Å². The summed E-state index contributed by atoms with van der Waals surface area (Å²) < 4.78 is 2.33. The molecule has 1 aromatic rings. The van der Waals surface area contributed by atoms with Crippen LogP contribution in [-0.4, -0.2) is 37.8 Å². The van der Waals surface area contributed by atoms with E-state index in [1.54, 1.807) is 0 Å². The van der Waals surface area contributed by atoms with Crippen LogP contribution in [0, 0.1) is 5.92 Å². The maximum atomic E-state index is 13.3. The van der Waals surface area contributed by atoms with Crippen LogP contribution in [0.4, 0.5) is 0 Å². The Bertz CT molecular complexity index is 905. The number of carbonyl (C=O) groups is 2. The van der Waals surface area contributed by atoms with Gasteiger partial charge in [0.2, 0.25) is 5.88 Å². The maximum Gasteiger partial charge on any atom is 0.334 e. The lowest BCUT2D eigenvalue weighted by atomic mass is 9.84. The smallest absolute Gasteiger partial charge is 0.334 e. The minimum Gasteiger partial charge on any atom is -0.494 e. The molecule has 1 heterocycles. The molecule has 2 aliphatic carbocycles. The van der Waals surface area contributed by atoms with E-state index in [4.69, 9.17) is 5.11 Å². The van der Waals surface area contributed by atoms with Crippen molar-refractivity contribution in [2.24, 2.45) is 5.92 Å². The number of hydrogen-bond acceptors (Lipinski definition) is 5. The molecule has 0 atom stereocenters. The van der Waals surface area contributed by atoms with Crippen molar-refractivity contribution in [1.82, 2.24) is 14.5 Å². The highest BCUT2D eigenvalue weighted by molar-refractivity contribution is 5.97. The van der Waals surface area contributed by atoms with Gasteiger partial charge in [0.05, 0.1) is 0 Å². The molecule has 2 fully saturated rings. The van der Waals surface area contributed by atoms with Gasteiger partial charge in [0.1, 0.15) is 6.54 Å². The van der Waals surface area contributed by atoms with E-state index in [1.165, 1.54) is 4.57 Å². The van der Waals surface area contributed by atoms with Gasteiger partial charge >= 0.3 is 11.7 Å². The zero-order valence-electron chi connectivity index (χ0n) is 17.4. The summed E-state index contributed by atoms with van der Waals surface area (Å²) in [6.45, 7) is 1.44. The van der Waals surface area contributed by atoms with E-state index in [2.05, 4.69) is 12.2 Å². The number of aromatic nitrogens is 2. The number of nitrogens with one attached hydrogen (secondary N) is 1. The summed E-state index contributed by atoms with van der Waals surface area (Å²) in [6, 6.07) is -0.606. The molecule has 0 radical (unpaired) electrons. The first kappa shape index (κ1) is 22.1. The third-order valence-corrected chi connectivity index (χ3v) is 6.62. The van der Waals surface area contributed by atoms with Crippen LogP contribution in [-0.2, 0) is 4.79 Å². The van der Waals surface area contributed by atoms with Gasteiger partial charge in [-0.3, -0.25) is 23.5 Å². The Balaban J connectivity index is 2.09. The van der Waals surface area contributed by atoms with Gasteiger partial charge in [-0.15, -0.1) is 0 Å². The molecule has 9 nitrogen and oxygen atoms in total. The van der Waals surface area contributed by atoms with Crippen molar-refractivity contribution in [3.63, 3.8) is 0 Å².